The molecule has 0 unspecified atom stereocenters. The zero-order valence-corrected chi connectivity index (χ0v) is 17.9. The van der Waals surface area contributed by atoms with E-state index in [-0.39, 0.29) is 33.3 Å². The maximum Gasteiger partial charge on any atom is 0.346 e. The smallest absolute Gasteiger partial charge is 0.346 e. The van der Waals surface area contributed by atoms with E-state index in [1.54, 1.807) is 48.5 Å². The fourth-order valence-corrected chi connectivity index (χ4v) is 2.23. The first-order chi connectivity index (χ1) is 16.6. The Hall–Kier alpha value is -5.14. The molecule has 0 radical (unpaired) electrons. The number of carboxylic acid groups (broad SMARTS) is 2. The van der Waals surface area contributed by atoms with Gasteiger partial charge in [0.05, 0.1) is 0 Å². The van der Waals surface area contributed by atoms with Crippen LogP contribution in [0.4, 0.5) is 0 Å². The summed E-state index contributed by atoms with van der Waals surface area (Å²) < 4.78 is 10.9. The van der Waals surface area contributed by atoms with E-state index in [2.05, 4.69) is 20.0 Å². The first-order valence-electron chi connectivity index (χ1n) is 9.60. The summed E-state index contributed by atoms with van der Waals surface area (Å²) >= 11 is 0. The van der Waals surface area contributed by atoms with Crippen molar-refractivity contribution < 1.29 is 48.5 Å². The number of ether oxygens (including phenoxy) is 2. The van der Waals surface area contributed by atoms with E-state index in [9.17, 15) is 19.2 Å². The van der Waals surface area contributed by atoms with Crippen molar-refractivity contribution in [3.63, 3.8) is 0 Å². The Kier molecular flexibility index (Phi) is 13.5. The van der Waals surface area contributed by atoms with Crippen LogP contribution in [0.2, 0.25) is 0 Å². The van der Waals surface area contributed by atoms with Gasteiger partial charge in [0.2, 0.25) is 6.79 Å². The lowest BCUT2D eigenvalue weighted by Crippen LogP contribution is -2.16. The van der Waals surface area contributed by atoms with Crippen molar-refractivity contribution in [2.75, 3.05) is 6.79 Å². The normalized spacial score (nSPS) is 10.7. The summed E-state index contributed by atoms with van der Waals surface area (Å²) in [5, 5.41) is 23.7. The van der Waals surface area contributed by atoms with Crippen LogP contribution < -0.4 is 20.9 Å². The molecular weight excluding hydrogens is 492 g/mol. The van der Waals surface area contributed by atoms with Gasteiger partial charge in [-0.25, -0.2) is 9.59 Å². The van der Waals surface area contributed by atoms with E-state index in [0.29, 0.717) is 22.6 Å². The standard InChI is InChI=1S/C21H20N4O10.2CH4/c22-20(24-34-18(30)9-16(26)27)12-1-5-14(6-2-12)32-11-33-15-7-3-13(4-8-15)21(23)25-35-19(31)10-17(28)29;;/h1-8H,9-11H2,(H2,22,24)(H2,23,25)(H,26,27)(H,28,29);2*1H4. The largest absolute Gasteiger partial charge is 0.481 e. The second-order valence-electron chi connectivity index (χ2n) is 6.48. The van der Waals surface area contributed by atoms with Crippen LogP contribution in [0.5, 0.6) is 11.5 Å². The Balaban J connectivity index is 0.00000648. The Morgan fingerprint density at radius 3 is 1.27 bits per heavy atom. The van der Waals surface area contributed by atoms with Crippen molar-refractivity contribution in [1.82, 2.24) is 0 Å². The number of nitrogens with zero attached hydrogens (tertiary/aromatic N) is 2. The van der Waals surface area contributed by atoms with Gasteiger partial charge < -0.3 is 40.8 Å². The highest BCUT2D eigenvalue weighted by Gasteiger charge is 2.11. The lowest BCUT2D eigenvalue weighted by molar-refractivity contribution is -0.153. The van der Waals surface area contributed by atoms with Gasteiger partial charge in [0, 0.05) is 11.1 Å². The molecule has 0 aliphatic carbocycles. The van der Waals surface area contributed by atoms with Gasteiger partial charge >= 0.3 is 23.9 Å². The van der Waals surface area contributed by atoms with Crippen LogP contribution in [0.25, 0.3) is 0 Å². The number of benzene rings is 2. The third-order valence-corrected chi connectivity index (χ3v) is 3.83. The van der Waals surface area contributed by atoms with Crippen LogP contribution in [0.15, 0.2) is 58.8 Å². The molecule has 0 fully saturated rings. The van der Waals surface area contributed by atoms with Gasteiger partial charge in [0.25, 0.3) is 0 Å². The SMILES string of the molecule is C.C.N/C(=N\OC(=O)CC(=O)O)c1ccc(OCOc2ccc(/C(N)=N/OC(=O)CC(=O)O)cc2)cc1. The summed E-state index contributed by atoms with van der Waals surface area (Å²) in [6.07, 6.45) is -1.67. The Morgan fingerprint density at radius 2 is 0.973 bits per heavy atom. The lowest BCUT2D eigenvalue weighted by Gasteiger charge is -2.09. The molecule has 6 N–H and O–H groups in total. The van der Waals surface area contributed by atoms with Crippen molar-refractivity contribution in [3.8, 4) is 11.5 Å². The highest BCUT2D eigenvalue weighted by atomic mass is 16.7. The summed E-state index contributed by atoms with van der Waals surface area (Å²) in [7, 11) is 0. The molecule has 2 aromatic carbocycles. The van der Waals surface area contributed by atoms with E-state index < -0.39 is 36.7 Å². The number of carbonyl (C=O) groups excluding carboxylic acids is 2. The van der Waals surface area contributed by atoms with Gasteiger partial charge in [-0.1, -0.05) is 25.2 Å². The third-order valence-electron chi connectivity index (χ3n) is 3.83. The predicted octanol–water partition coefficient (Wildman–Crippen LogP) is 1.65. The minimum atomic E-state index is -1.35. The quantitative estimate of drug-likeness (QED) is 0.0783. The molecule has 200 valence electrons. The molecule has 2 rings (SSSR count). The van der Waals surface area contributed by atoms with Gasteiger partial charge in [0.1, 0.15) is 24.3 Å². The lowest BCUT2D eigenvalue weighted by atomic mass is 10.2. The van der Waals surface area contributed by atoms with Crippen LogP contribution in [-0.4, -0.2) is 52.6 Å². The molecule has 0 aromatic heterocycles. The van der Waals surface area contributed by atoms with Gasteiger partial charge in [-0.3, -0.25) is 9.59 Å². The molecule has 14 heteroatoms. The second-order valence-corrected chi connectivity index (χ2v) is 6.48. The predicted molar refractivity (Wildman–Crippen MR) is 131 cm³/mol. The summed E-state index contributed by atoms with van der Waals surface area (Å²) in [6, 6.07) is 12.4. The molecule has 37 heavy (non-hydrogen) atoms. The number of hydrogen-bond donors (Lipinski definition) is 4. The molecule has 0 aliphatic rings. The first kappa shape index (κ1) is 31.9. The minimum Gasteiger partial charge on any atom is -0.481 e. The minimum absolute atomic E-state index is 0. The number of carboxylic acids is 2. The number of amidine groups is 2. The van der Waals surface area contributed by atoms with Crippen LogP contribution in [0, 0.1) is 0 Å². The summed E-state index contributed by atoms with van der Waals surface area (Å²) in [6.45, 7) is -0.147. The maximum atomic E-state index is 11.2. The van der Waals surface area contributed by atoms with Crippen molar-refractivity contribution in [2.24, 2.45) is 21.8 Å². The van der Waals surface area contributed by atoms with Gasteiger partial charge in [-0.05, 0) is 48.5 Å². The van der Waals surface area contributed by atoms with E-state index in [1.165, 1.54) is 0 Å². The van der Waals surface area contributed by atoms with E-state index in [4.69, 9.17) is 31.2 Å². The molecule has 0 saturated carbocycles. The van der Waals surface area contributed by atoms with E-state index >= 15 is 0 Å². The Morgan fingerprint density at radius 1 is 0.649 bits per heavy atom. The average molecular weight is 520 g/mol. The topological polar surface area (TPSA) is 222 Å². The van der Waals surface area contributed by atoms with Crippen LogP contribution in [0.1, 0.15) is 38.8 Å². The monoisotopic (exact) mass is 520 g/mol. The fourth-order valence-electron chi connectivity index (χ4n) is 2.23. The number of nitrogens with two attached hydrogens (primary N) is 2. The fraction of sp³-hybridized carbons (Fsp3) is 0.217. The number of rotatable bonds is 12. The Bertz CT molecular complexity index is 1040. The first-order valence-corrected chi connectivity index (χ1v) is 9.60. The zero-order chi connectivity index (χ0) is 25.8. The van der Waals surface area contributed by atoms with Crippen LogP contribution >= 0.6 is 0 Å². The molecule has 2 aromatic rings. The zero-order valence-electron chi connectivity index (χ0n) is 17.9. The van der Waals surface area contributed by atoms with Crippen molar-refractivity contribution in [3.05, 3.63) is 59.7 Å². The van der Waals surface area contributed by atoms with Gasteiger partial charge in [-0.2, -0.15) is 0 Å². The molecule has 0 aliphatic heterocycles. The van der Waals surface area contributed by atoms with Crippen molar-refractivity contribution >= 4 is 35.5 Å². The molecule has 0 bridgehead atoms. The molecule has 0 spiro atoms. The van der Waals surface area contributed by atoms with E-state index in [1.807, 2.05) is 0 Å². The number of aliphatic carboxylic acids is 2. The van der Waals surface area contributed by atoms with Crippen LogP contribution in [0.3, 0.4) is 0 Å². The summed E-state index contributed by atoms with van der Waals surface area (Å²) in [5.41, 5.74) is 12.2. The van der Waals surface area contributed by atoms with E-state index in [0.717, 1.165) is 0 Å². The molecule has 0 atom stereocenters. The second kappa shape index (κ2) is 15.7. The van der Waals surface area contributed by atoms with Crippen molar-refractivity contribution in [1.29, 1.82) is 0 Å². The molecule has 0 amide bonds. The maximum absolute atomic E-state index is 11.2. The average Bonchev–Trinajstić information content (AvgIpc) is 2.81. The number of hydrogen-bond acceptors (Lipinski definition) is 10. The van der Waals surface area contributed by atoms with Crippen molar-refractivity contribution in [2.45, 2.75) is 27.7 Å². The molecule has 0 saturated heterocycles. The highest BCUT2D eigenvalue weighted by molar-refractivity contribution is 5.98. The highest BCUT2D eigenvalue weighted by Crippen LogP contribution is 2.15. The van der Waals surface area contributed by atoms with Gasteiger partial charge in [0.15, 0.2) is 11.7 Å². The number of carbonyl (C=O) groups is 4. The molecular formula is C23H28N4O10. The summed E-state index contributed by atoms with van der Waals surface area (Å²) in [4.78, 5) is 52.0. The Labute approximate surface area is 212 Å². The van der Waals surface area contributed by atoms with Crippen LogP contribution in [-0.2, 0) is 28.9 Å². The number of oxime groups is 2. The molecule has 14 nitrogen and oxygen atoms in total. The van der Waals surface area contributed by atoms with Gasteiger partial charge in [-0.15, -0.1) is 0 Å². The molecule has 0 heterocycles. The summed E-state index contributed by atoms with van der Waals surface area (Å²) in [5.74, 6) is -4.21. The third kappa shape index (κ3) is 11.7.